The lowest BCUT2D eigenvalue weighted by Gasteiger charge is -2.16. The Kier molecular flexibility index (Phi) is 3.96. The van der Waals surface area contributed by atoms with E-state index in [9.17, 15) is 0 Å². The maximum absolute atomic E-state index is 5.49. The van der Waals surface area contributed by atoms with Crippen molar-refractivity contribution >= 4 is 11.6 Å². The standard InChI is InChI=1S/C12H19N7/c1-8(2)10-11(15-7-16-12(10)18-13)14-4-9-5-17-19(3)6-9/h5-8H,4,13H2,1-3H3,(H2,14,15,16,18). The summed E-state index contributed by atoms with van der Waals surface area (Å²) in [5.41, 5.74) is 4.69. The molecule has 0 amide bonds. The van der Waals surface area contributed by atoms with Gasteiger partial charge in [-0.25, -0.2) is 15.8 Å². The fraction of sp³-hybridized carbons (Fsp3) is 0.417. The van der Waals surface area contributed by atoms with E-state index in [1.54, 1.807) is 4.68 Å². The van der Waals surface area contributed by atoms with Gasteiger partial charge >= 0.3 is 0 Å². The largest absolute Gasteiger partial charge is 0.365 e. The Bertz CT molecular complexity index is 547. The maximum atomic E-state index is 5.49. The van der Waals surface area contributed by atoms with Crippen LogP contribution in [0.3, 0.4) is 0 Å². The third-order valence-electron chi connectivity index (χ3n) is 2.82. The zero-order valence-electron chi connectivity index (χ0n) is 11.4. The van der Waals surface area contributed by atoms with Gasteiger partial charge in [-0.1, -0.05) is 13.8 Å². The summed E-state index contributed by atoms with van der Waals surface area (Å²) < 4.78 is 1.77. The van der Waals surface area contributed by atoms with Crippen LogP contribution in [0.5, 0.6) is 0 Å². The van der Waals surface area contributed by atoms with Crippen LogP contribution in [0.2, 0.25) is 0 Å². The number of rotatable bonds is 5. The smallest absolute Gasteiger partial charge is 0.148 e. The SMILES string of the molecule is CC(C)c1c(NN)ncnc1NCc1cnn(C)c1. The van der Waals surface area contributed by atoms with Crippen molar-refractivity contribution in [3.8, 4) is 0 Å². The van der Waals surface area contributed by atoms with E-state index in [1.807, 2.05) is 19.4 Å². The second-order valence-corrected chi connectivity index (χ2v) is 4.66. The van der Waals surface area contributed by atoms with E-state index >= 15 is 0 Å². The molecule has 2 aromatic heterocycles. The Morgan fingerprint density at radius 1 is 1.32 bits per heavy atom. The average molecular weight is 261 g/mol. The molecular formula is C12H19N7. The third-order valence-corrected chi connectivity index (χ3v) is 2.82. The number of hydrogen-bond donors (Lipinski definition) is 3. The van der Waals surface area contributed by atoms with E-state index in [1.165, 1.54) is 6.33 Å². The Balaban J connectivity index is 2.19. The van der Waals surface area contributed by atoms with Crippen LogP contribution in [0, 0.1) is 0 Å². The van der Waals surface area contributed by atoms with E-state index in [4.69, 9.17) is 5.84 Å². The van der Waals surface area contributed by atoms with Gasteiger partial charge in [0.15, 0.2) is 0 Å². The molecule has 0 unspecified atom stereocenters. The minimum Gasteiger partial charge on any atom is -0.365 e. The first-order valence-electron chi connectivity index (χ1n) is 6.14. The number of nitrogens with two attached hydrogens (primary N) is 1. The van der Waals surface area contributed by atoms with Gasteiger partial charge in [-0.3, -0.25) is 4.68 Å². The molecular weight excluding hydrogens is 242 g/mol. The lowest BCUT2D eigenvalue weighted by atomic mass is 10.0. The number of aryl methyl sites for hydroxylation is 1. The summed E-state index contributed by atoms with van der Waals surface area (Å²) in [6.45, 7) is 4.82. The molecule has 7 heteroatoms. The summed E-state index contributed by atoms with van der Waals surface area (Å²) in [7, 11) is 1.89. The van der Waals surface area contributed by atoms with Gasteiger partial charge in [-0.05, 0) is 5.92 Å². The van der Waals surface area contributed by atoms with Crippen molar-refractivity contribution in [2.24, 2.45) is 12.9 Å². The Morgan fingerprint density at radius 2 is 2.05 bits per heavy atom. The number of nitrogens with one attached hydrogen (secondary N) is 2. The first-order valence-corrected chi connectivity index (χ1v) is 6.14. The molecule has 0 bridgehead atoms. The summed E-state index contributed by atoms with van der Waals surface area (Å²) >= 11 is 0. The van der Waals surface area contributed by atoms with Crippen LogP contribution in [-0.4, -0.2) is 19.7 Å². The second-order valence-electron chi connectivity index (χ2n) is 4.66. The zero-order chi connectivity index (χ0) is 13.8. The minimum atomic E-state index is 0.267. The Morgan fingerprint density at radius 3 is 2.63 bits per heavy atom. The van der Waals surface area contributed by atoms with Crippen molar-refractivity contribution in [3.63, 3.8) is 0 Å². The molecule has 0 aliphatic rings. The number of aromatic nitrogens is 4. The van der Waals surface area contributed by atoms with Gasteiger partial charge in [-0.15, -0.1) is 0 Å². The van der Waals surface area contributed by atoms with Crippen molar-refractivity contribution in [2.75, 3.05) is 10.7 Å². The van der Waals surface area contributed by atoms with E-state index in [0.29, 0.717) is 12.4 Å². The highest BCUT2D eigenvalue weighted by Crippen LogP contribution is 2.27. The van der Waals surface area contributed by atoms with Crippen molar-refractivity contribution in [3.05, 3.63) is 29.8 Å². The molecule has 4 N–H and O–H groups in total. The van der Waals surface area contributed by atoms with Crippen LogP contribution in [-0.2, 0) is 13.6 Å². The first-order chi connectivity index (χ1) is 9.11. The molecule has 0 spiro atoms. The van der Waals surface area contributed by atoms with Gasteiger partial charge in [0, 0.05) is 30.9 Å². The molecule has 2 aromatic rings. The van der Waals surface area contributed by atoms with Crippen LogP contribution in [0.15, 0.2) is 18.7 Å². The van der Waals surface area contributed by atoms with Gasteiger partial charge < -0.3 is 10.7 Å². The highest BCUT2D eigenvalue weighted by Gasteiger charge is 2.14. The fourth-order valence-electron chi connectivity index (χ4n) is 1.95. The molecule has 0 aliphatic heterocycles. The van der Waals surface area contributed by atoms with Crippen LogP contribution < -0.4 is 16.6 Å². The third kappa shape index (κ3) is 3.00. The van der Waals surface area contributed by atoms with Crippen LogP contribution in [0.1, 0.15) is 30.9 Å². The lowest BCUT2D eigenvalue weighted by Crippen LogP contribution is -2.15. The molecule has 0 aromatic carbocycles. The summed E-state index contributed by atoms with van der Waals surface area (Å²) in [5, 5.41) is 7.43. The maximum Gasteiger partial charge on any atom is 0.148 e. The van der Waals surface area contributed by atoms with Gasteiger partial charge in [0.25, 0.3) is 0 Å². The van der Waals surface area contributed by atoms with E-state index < -0.39 is 0 Å². The number of nitrogen functional groups attached to an aromatic ring is 1. The van der Waals surface area contributed by atoms with Gasteiger partial charge in [0.05, 0.1) is 6.20 Å². The molecule has 2 rings (SSSR count). The van der Waals surface area contributed by atoms with Gasteiger partial charge in [0.2, 0.25) is 0 Å². The molecule has 102 valence electrons. The van der Waals surface area contributed by atoms with E-state index in [-0.39, 0.29) is 5.92 Å². The highest BCUT2D eigenvalue weighted by atomic mass is 15.3. The van der Waals surface area contributed by atoms with Crippen molar-refractivity contribution in [2.45, 2.75) is 26.3 Å². The summed E-state index contributed by atoms with van der Waals surface area (Å²) in [4.78, 5) is 8.42. The number of anilines is 2. The van der Waals surface area contributed by atoms with Crippen LogP contribution >= 0.6 is 0 Å². The highest BCUT2D eigenvalue weighted by molar-refractivity contribution is 5.58. The average Bonchev–Trinajstić information content (AvgIpc) is 2.81. The summed E-state index contributed by atoms with van der Waals surface area (Å²) in [6.07, 6.45) is 5.28. The van der Waals surface area contributed by atoms with Crippen LogP contribution in [0.25, 0.3) is 0 Å². The second kappa shape index (κ2) is 5.66. The zero-order valence-corrected chi connectivity index (χ0v) is 11.4. The molecule has 0 radical (unpaired) electrons. The molecule has 0 saturated heterocycles. The first kappa shape index (κ1) is 13.3. The number of nitrogens with zero attached hydrogens (tertiary/aromatic N) is 4. The quantitative estimate of drug-likeness (QED) is 0.553. The normalized spacial score (nSPS) is 10.8. The molecule has 2 heterocycles. The molecule has 19 heavy (non-hydrogen) atoms. The predicted octanol–water partition coefficient (Wildman–Crippen LogP) is 1.23. The molecule has 0 aliphatic carbocycles. The Labute approximate surface area is 112 Å². The van der Waals surface area contributed by atoms with Crippen LogP contribution in [0.4, 0.5) is 11.6 Å². The fourth-order valence-corrected chi connectivity index (χ4v) is 1.95. The van der Waals surface area contributed by atoms with Gasteiger partial charge in [0.1, 0.15) is 18.0 Å². The summed E-state index contributed by atoms with van der Waals surface area (Å²) in [6, 6.07) is 0. The molecule has 0 fully saturated rings. The monoisotopic (exact) mass is 261 g/mol. The van der Waals surface area contributed by atoms with Crippen molar-refractivity contribution < 1.29 is 0 Å². The molecule has 0 saturated carbocycles. The lowest BCUT2D eigenvalue weighted by molar-refractivity contribution is 0.767. The predicted molar refractivity (Wildman–Crippen MR) is 74.5 cm³/mol. The van der Waals surface area contributed by atoms with Crippen molar-refractivity contribution in [1.29, 1.82) is 0 Å². The molecule has 7 nitrogen and oxygen atoms in total. The van der Waals surface area contributed by atoms with E-state index in [0.717, 1.165) is 16.9 Å². The topological polar surface area (TPSA) is 93.7 Å². The van der Waals surface area contributed by atoms with Crippen molar-refractivity contribution in [1.82, 2.24) is 19.7 Å². The number of hydrogen-bond acceptors (Lipinski definition) is 6. The Hall–Kier alpha value is -2.15. The number of hydrazine groups is 1. The minimum absolute atomic E-state index is 0.267. The summed E-state index contributed by atoms with van der Waals surface area (Å²) in [5.74, 6) is 7.20. The van der Waals surface area contributed by atoms with E-state index in [2.05, 4.69) is 39.7 Å². The van der Waals surface area contributed by atoms with Gasteiger partial charge in [-0.2, -0.15) is 5.10 Å². The molecule has 0 atom stereocenters.